The van der Waals surface area contributed by atoms with Gasteiger partial charge in [0.25, 0.3) is 0 Å². The summed E-state index contributed by atoms with van der Waals surface area (Å²) in [6.07, 6.45) is 0.909. The van der Waals surface area contributed by atoms with Gasteiger partial charge < -0.3 is 9.72 Å². The van der Waals surface area contributed by atoms with Gasteiger partial charge in [0.1, 0.15) is 5.69 Å². The quantitative estimate of drug-likeness (QED) is 0.732. The van der Waals surface area contributed by atoms with Crippen molar-refractivity contribution in [1.29, 1.82) is 0 Å². The number of tetrazole rings is 1. The molecule has 0 radical (unpaired) electrons. The van der Waals surface area contributed by atoms with Crippen molar-refractivity contribution in [3.63, 3.8) is 0 Å². The maximum Gasteiger partial charge on any atom is 0.355 e. The smallest absolute Gasteiger partial charge is 0.355 e. The van der Waals surface area contributed by atoms with E-state index in [1.807, 2.05) is 32.9 Å². The molecule has 0 amide bonds. The van der Waals surface area contributed by atoms with Crippen molar-refractivity contribution in [2.45, 2.75) is 40.3 Å². The zero-order valence-electron chi connectivity index (χ0n) is 13.5. The van der Waals surface area contributed by atoms with Crippen LogP contribution >= 0.6 is 0 Å². The Balaban J connectivity index is 1.76. The zero-order chi connectivity index (χ0) is 16.4. The highest BCUT2D eigenvalue weighted by Gasteiger charge is 2.14. The van der Waals surface area contributed by atoms with Crippen LogP contribution in [-0.4, -0.2) is 31.2 Å². The third-order valence-corrected chi connectivity index (χ3v) is 3.68. The minimum Gasteiger partial charge on any atom is -0.453 e. The van der Waals surface area contributed by atoms with Gasteiger partial charge in [0.15, 0.2) is 12.4 Å². The first-order valence-corrected chi connectivity index (χ1v) is 7.60. The molecule has 120 valence electrons. The van der Waals surface area contributed by atoms with Crippen molar-refractivity contribution < 1.29 is 9.53 Å². The third-order valence-electron chi connectivity index (χ3n) is 3.68. The first-order chi connectivity index (χ1) is 11.1. The molecule has 3 rings (SSSR count). The third kappa shape index (κ3) is 3.08. The van der Waals surface area contributed by atoms with Crippen LogP contribution in [-0.2, 0) is 17.9 Å². The Kier molecular flexibility index (Phi) is 4.10. The highest BCUT2D eigenvalue weighted by atomic mass is 16.5. The van der Waals surface area contributed by atoms with Crippen LogP contribution in [0.5, 0.6) is 0 Å². The fourth-order valence-corrected chi connectivity index (χ4v) is 2.63. The minimum atomic E-state index is -0.413. The molecule has 0 aliphatic carbocycles. The van der Waals surface area contributed by atoms with Crippen molar-refractivity contribution in [2.24, 2.45) is 0 Å². The van der Waals surface area contributed by atoms with Gasteiger partial charge in [0.2, 0.25) is 0 Å². The molecule has 3 aromatic rings. The molecule has 7 nitrogen and oxygen atoms in total. The van der Waals surface area contributed by atoms with Crippen LogP contribution in [0.3, 0.4) is 0 Å². The summed E-state index contributed by atoms with van der Waals surface area (Å²) >= 11 is 0. The monoisotopic (exact) mass is 313 g/mol. The van der Waals surface area contributed by atoms with E-state index in [4.69, 9.17) is 4.74 Å². The summed E-state index contributed by atoms with van der Waals surface area (Å²) in [7, 11) is 0. The highest BCUT2D eigenvalue weighted by molar-refractivity contribution is 5.96. The average Bonchev–Trinajstić information content (AvgIpc) is 3.12. The minimum absolute atomic E-state index is 0.0548. The van der Waals surface area contributed by atoms with Crippen LogP contribution in [0.15, 0.2) is 18.2 Å². The topological polar surface area (TPSA) is 85.7 Å². The lowest BCUT2D eigenvalue weighted by atomic mass is 10.1. The molecule has 2 aromatic heterocycles. The standard InChI is InChI=1S/C16H19N5O2/c1-4-5-21-15(18-19-20-21)9-23-16(22)14-8-12-11(3)6-10(2)7-13(12)17-14/h6-8,17H,4-5,9H2,1-3H3. The number of H-pyrrole nitrogens is 1. The Morgan fingerprint density at radius 1 is 1.30 bits per heavy atom. The average molecular weight is 313 g/mol. The van der Waals surface area contributed by atoms with Crippen molar-refractivity contribution in [1.82, 2.24) is 25.2 Å². The molecule has 0 atom stereocenters. The molecular formula is C16H19N5O2. The normalized spacial score (nSPS) is 11.1. The zero-order valence-corrected chi connectivity index (χ0v) is 13.5. The van der Waals surface area contributed by atoms with Crippen LogP contribution < -0.4 is 0 Å². The first kappa shape index (κ1) is 15.2. The summed E-state index contributed by atoms with van der Waals surface area (Å²) in [5.41, 5.74) is 3.64. The molecule has 0 saturated heterocycles. The maximum absolute atomic E-state index is 12.2. The van der Waals surface area contributed by atoms with Gasteiger partial charge in [0, 0.05) is 17.4 Å². The molecule has 1 N–H and O–H groups in total. The van der Waals surface area contributed by atoms with Crippen LogP contribution in [0.4, 0.5) is 0 Å². The number of benzene rings is 1. The van der Waals surface area contributed by atoms with Gasteiger partial charge in [-0.2, -0.15) is 0 Å². The van der Waals surface area contributed by atoms with Crippen LogP contribution in [0.2, 0.25) is 0 Å². The van der Waals surface area contributed by atoms with Gasteiger partial charge in [-0.05, 0) is 54.0 Å². The maximum atomic E-state index is 12.2. The molecule has 1 aromatic carbocycles. The van der Waals surface area contributed by atoms with E-state index < -0.39 is 5.97 Å². The predicted octanol–water partition coefficient (Wildman–Crippen LogP) is 2.54. The Hall–Kier alpha value is -2.70. The molecule has 0 aliphatic rings. The largest absolute Gasteiger partial charge is 0.453 e. The summed E-state index contributed by atoms with van der Waals surface area (Å²) in [5.74, 6) is 0.132. The first-order valence-electron chi connectivity index (χ1n) is 7.60. The Morgan fingerprint density at radius 3 is 2.91 bits per heavy atom. The second-order valence-corrected chi connectivity index (χ2v) is 5.62. The molecule has 0 unspecified atom stereocenters. The summed E-state index contributed by atoms with van der Waals surface area (Å²) in [5, 5.41) is 12.4. The van der Waals surface area contributed by atoms with Crippen LogP contribution in [0.1, 0.15) is 40.8 Å². The molecular weight excluding hydrogens is 294 g/mol. The number of aryl methyl sites for hydroxylation is 3. The van der Waals surface area contributed by atoms with E-state index in [1.165, 1.54) is 0 Å². The summed E-state index contributed by atoms with van der Waals surface area (Å²) < 4.78 is 6.97. The number of nitrogens with zero attached hydrogens (tertiary/aromatic N) is 4. The van der Waals surface area contributed by atoms with Crippen molar-refractivity contribution in [3.8, 4) is 0 Å². The van der Waals surface area contributed by atoms with Crippen molar-refractivity contribution in [2.75, 3.05) is 0 Å². The van der Waals surface area contributed by atoms with Crippen molar-refractivity contribution in [3.05, 3.63) is 40.8 Å². The number of aromatic nitrogens is 5. The molecule has 0 aliphatic heterocycles. The second kappa shape index (κ2) is 6.20. The number of esters is 1. The van der Waals surface area contributed by atoms with Gasteiger partial charge in [-0.15, -0.1) is 5.10 Å². The van der Waals surface area contributed by atoms with E-state index in [9.17, 15) is 4.79 Å². The number of carbonyl (C=O) groups is 1. The Labute approximate surface area is 133 Å². The Bertz CT molecular complexity index is 849. The molecule has 7 heteroatoms. The summed E-state index contributed by atoms with van der Waals surface area (Å²) in [4.78, 5) is 15.4. The summed E-state index contributed by atoms with van der Waals surface area (Å²) in [6.45, 7) is 6.84. The van der Waals surface area contributed by atoms with Gasteiger partial charge in [-0.25, -0.2) is 9.48 Å². The molecule has 0 spiro atoms. The molecule has 2 heterocycles. The number of nitrogens with one attached hydrogen (secondary N) is 1. The number of aromatic amines is 1. The number of ether oxygens (including phenoxy) is 1. The van der Waals surface area contributed by atoms with Gasteiger partial charge in [0.05, 0.1) is 0 Å². The summed E-state index contributed by atoms with van der Waals surface area (Å²) in [6, 6.07) is 5.92. The van der Waals surface area contributed by atoms with Gasteiger partial charge in [-0.1, -0.05) is 13.0 Å². The molecule has 23 heavy (non-hydrogen) atoms. The Morgan fingerprint density at radius 2 is 2.13 bits per heavy atom. The van der Waals surface area contributed by atoms with E-state index in [0.717, 1.165) is 28.5 Å². The molecule has 0 saturated carbocycles. The van der Waals surface area contributed by atoms with E-state index in [2.05, 4.69) is 26.6 Å². The predicted molar refractivity (Wildman–Crippen MR) is 85.0 cm³/mol. The lowest BCUT2D eigenvalue weighted by Crippen LogP contribution is -2.11. The highest BCUT2D eigenvalue weighted by Crippen LogP contribution is 2.22. The van der Waals surface area contributed by atoms with Crippen LogP contribution in [0.25, 0.3) is 10.9 Å². The number of rotatable bonds is 5. The van der Waals surface area contributed by atoms with Gasteiger partial charge >= 0.3 is 5.97 Å². The van der Waals surface area contributed by atoms with E-state index in [1.54, 1.807) is 4.68 Å². The van der Waals surface area contributed by atoms with Crippen molar-refractivity contribution >= 4 is 16.9 Å². The van der Waals surface area contributed by atoms with Gasteiger partial charge in [-0.3, -0.25) is 0 Å². The number of hydrogen-bond donors (Lipinski definition) is 1. The van der Waals surface area contributed by atoms with E-state index in [0.29, 0.717) is 18.1 Å². The molecule has 0 fully saturated rings. The number of hydrogen-bond acceptors (Lipinski definition) is 5. The van der Waals surface area contributed by atoms with E-state index in [-0.39, 0.29) is 6.61 Å². The van der Waals surface area contributed by atoms with E-state index >= 15 is 0 Å². The fraction of sp³-hybridized carbons (Fsp3) is 0.375. The number of carbonyl (C=O) groups excluding carboxylic acids is 1. The second-order valence-electron chi connectivity index (χ2n) is 5.62. The lowest BCUT2D eigenvalue weighted by Gasteiger charge is -2.03. The lowest BCUT2D eigenvalue weighted by molar-refractivity contribution is 0.0450. The molecule has 0 bridgehead atoms. The number of fused-ring (bicyclic) bond motifs is 1. The fourth-order valence-electron chi connectivity index (χ4n) is 2.63. The van der Waals surface area contributed by atoms with Crippen LogP contribution in [0, 0.1) is 13.8 Å². The SMILES string of the molecule is CCCn1nnnc1COC(=O)c1cc2c(C)cc(C)cc2[nH]1.